The lowest BCUT2D eigenvalue weighted by Gasteiger charge is -2.38. The minimum atomic E-state index is -0.588. The summed E-state index contributed by atoms with van der Waals surface area (Å²) in [5.74, 6) is 0.165. The SMILES string of the molecule is Cc1cc(C(=O)N2CCN(C(=O)C(C)(C)c3ccccc3)CC2)on1. The number of benzene rings is 1. The molecule has 2 heterocycles. The molecule has 132 valence electrons. The van der Waals surface area contributed by atoms with Crippen LogP contribution in [-0.4, -0.2) is 52.9 Å². The Labute approximate surface area is 147 Å². The average molecular weight is 341 g/mol. The first-order valence-corrected chi connectivity index (χ1v) is 8.47. The van der Waals surface area contributed by atoms with Crippen molar-refractivity contribution in [2.75, 3.05) is 26.2 Å². The molecule has 6 heteroatoms. The lowest BCUT2D eigenvalue weighted by molar-refractivity contribution is -0.137. The van der Waals surface area contributed by atoms with Gasteiger partial charge >= 0.3 is 0 Å². The van der Waals surface area contributed by atoms with Crippen LogP contribution in [0.2, 0.25) is 0 Å². The number of rotatable bonds is 3. The number of carbonyl (C=O) groups excluding carboxylic acids is 2. The van der Waals surface area contributed by atoms with Gasteiger partial charge in [-0.1, -0.05) is 35.5 Å². The van der Waals surface area contributed by atoms with Gasteiger partial charge in [-0.25, -0.2) is 0 Å². The van der Waals surface area contributed by atoms with E-state index in [1.54, 1.807) is 17.9 Å². The van der Waals surface area contributed by atoms with Gasteiger partial charge in [-0.05, 0) is 26.3 Å². The van der Waals surface area contributed by atoms with Crippen LogP contribution in [0.4, 0.5) is 0 Å². The quantitative estimate of drug-likeness (QED) is 0.859. The van der Waals surface area contributed by atoms with E-state index in [1.165, 1.54) is 0 Å². The smallest absolute Gasteiger partial charge is 0.292 e. The maximum atomic E-state index is 13.0. The summed E-state index contributed by atoms with van der Waals surface area (Å²) in [6, 6.07) is 11.4. The van der Waals surface area contributed by atoms with Crippen LogP contribution in [0.1, 0.15) is 35.7 Å². The molecule has 2 aromatic rings. The molecule has 0 bridgehead atoms. The molecule has 0 unspecified atom stereocenters. The van der Waals surface area contributed by atoms with Crippen molar-refractivity contribution >= 4 is 11.8 Å². The summed E-state index contributed by atoms with van der Waals surface area (Å²) in [4.78, 5) is 28.9. The van der Waals surface area contributed by atoms with Crippen LogP contribution < -0.4 is 0 Å². The zero-order chi connectivity index (χ0) is 18.0. The molecule has 0 atom stereocenters. The second-order valence-corrected chi connectivity index (χ2v) is 6.91. The highest BCUT2D eigenvalue weighted by Gasteiger charge is 2.36. The number of amides is 2. The van der Waals surface area contributed by atoms with Gasteiger partial charge in [0.1, 0.15) is 0 Å². The van der Waals surface area contributed by atoms with Crippen molar-refractivity contribution in [1.82, 2.24) is 15.0 Å². The number of nitrogens with zero attached hydrogens (tertiary/aromatic N) is 3. The average Bonchev–Trinajstić information content (AvgIpc) is 3.07. The molecule has 0 spiro atoms. The highest BCUT2D eigenvalue weighted by Crippen LogP contribution is 2.26. The molecular formula is C19H23N3O3. The van der Waals surface area contributed by atoms with Gasteiger partial charge < -0.3 is 14.3 Å². The molecule has 2 amide bonds. The Hall–Kier alpha value is -2.63. The maximum absolute atomic E-state index is 13.0. The molecule has 1 aromatic heterocycles. The number of hydrogen-bond donors (Lipinski definition) is 0. The summed E-state index contributed by atoms with van der Waals surface area (Å²) in [5, 5.41) is 3.75. The van der Waals surface area contributed by atoms with E-state index in [0.29, 0.717) is 31.9 Å². The summed E-state index contributed by atoms with van der Waals surface area (Å²) >= 11 is 0. The minimum absolute atomic E-state index is 0.0845. The molecule has 1 saturated heterocycles. The molecule has 1 aliphatic rings. The van der Waals surface area contributed by atoms with Crippen LogP contribution in [0, 0.1) is 6.92 Å². The predicted octanol–water partition coefficient (Wildman–Crippen LogP) is 2.25. The third-order valence-electron chi connectivity index (χ3n) is 4.72. The largest absolute Gasteiger partial charge is 0.351 e. The molecular weight excluding hydrogens is 318 g/mol. The molecule has 0 radical (unpaired) electrons. The van der Waals surface area contributed by atoms with E-state index in [1.807, 2.05) is 49.1 Å². The third kappa shape index (κ3) is 3.43. The fourth-order valence-corrected chi connectivity index (χ4v) is 3.11. The molecule has 1 aliphatic heterocycles. The van der Waals surface area contributed by atoms with Gasteiger partial charge in [-0.2, -0.15) is 0 Å². The summed E-state index contributed by atoms with van der Waals surface area (Å²) in [7, 11) is 0. The van der Waals surface area contributed by atoms with Crippen molar-refractivity contribution in [2.24, 2.45) is 0 Å². The fourth-order valence-electron chi connectivity index (χ4n) is 3.11. The van der Waals surface area contributed by atoms with Gasteiger partial charge in [0.05, 0.1) is 11.1 Å². The van der Waals surface area contributed by atoms with Crippen molar-refractivity contribution in [3.05, 3.63) is 53.4 Å². The third-order valence-corrected chi connectivity index (χ3v) is 4.72. The first kappa shape index (κ1) is 17.2. The summed E-state index contributed by atoms with van der Waals surface area (Å²) < 4.78 is 5.04. The van der Waals surface area contributed by atoms with E-state index >= 15 is 0 Å². The zero-order valence-electron chi connectivity index (χ0n) is 14.9. The topological polar surface area (TPSA) is 66.7 Å². The van der Waals surface area contributed by atoms with E-state index in [-0.39, 0.29) is 17.6 Å². The van der Waals surface area contributed by atoms with Gasteiger partial charge in [-0.15, -0.1) is 0 Å². The van der Waals surface area contributed by atoms with E-state index < -0.39 is 5.41 Å². The van der Waals surface area contributed by atoms with Crippen LogP contribution in [0.15, 0.2) is 40.9 Å². The van der Waals surface area contributed by atoms with Gasteiger partial charge in [0.2, 0.25) is 11.7 Å². The van der Waals surface area contributed by atoms with Crippen LogP contribution >= 0.6 is 0 Å². The predicted molar refractivity (Wildman–Crippen MR) is 93.2 cm³/mol. The molecule has 6 nitrogen and oxygen atoms in total. The second kappa shape index (κ2) is 6.70. The van der Waals surface area contributed by atoms with Gasteiger partial charge in [0.15, 0.2) is 0 Å². The summed E-state index contributed by atoms with van der Waals surface area (Å²) in [6.07, 6.45) is 0. The highest BCUT2D eigenvalue weighted by atomic mass is 16.5. The lowest BCUT2D eigenvalue weighted by Crippen LogP contribution is -2.54. The number of hydrogen-bond acceptors (Lipinski definition) is 4. The summed E-state index contributed by atoms with van der Waals surface area (Å²) in [5.41, 5.74) is 1.09. The highest BCUT2D eigenvalue weighted by molar-refractivity contribution is 5.92. The minimum Gasteiger partial charge on any atom is -0.351 e. The van der Waals surface area contributed by atoms with Gasteiger partial charge in [0, 0.05) is 32.2 Å². The number of carbonyl (C=O) groups is 2. The molecule has 0 saturated carbocycles. The molecule has 1 aromatic carbocycles. The Balaban J connectivity index is 1.64. The standard InChI is InChI=1S/C19H23N3O3/c1-14-13-16(25-20-14)17(23)21-9-11-22(12-10-21)18(24)19(2,3)15-7-5-4-6-8-15/h4-8,13H,9-12H2,1-3H3. The Morgan fingerprint density at radius 1 is 1.04 bits per heavy atom. The molecule has 1 fully saturated rings. The molecule has 0 aliphatic carbocycles. The van der Waals surface area contributed by atoms with Crippen LogP contribution in [0.25, 0.3) is 0 Å². The Morgan fingerprint density at radius 3 is 2.20 bits per heavy atom. The van der Waals surface area contributed by atoms with Crippen LogP contribution in [-0.2, 0) is 10.2 Å². The van der Waals surface area contributed by atoms with E-state index in [4.69, 9.17) is 4.52 Å². The van der Waals surface area contributed by atoms with E-state index in [0.717, 1.165) is 5.56 Å². The summed E-state index contributed by atoms with van der Waals surface area (Å²) in [6.45, 7) is 7.70. The first-order valence-electron chi connectivity index (χ1n) is 8.47. The van der Waals surface area contributed by atoms with Crippen molar-refractivity contribution in [3.63, 3.8) is 0 Å². The number of aryl methyl sites for hydroxylation is 1. The van der Waals surface area contributed by atoms with Gasteiger partial charge in [0.25, 0.3) is 5.91 Å². The Kier molecular flexibility index (Phi) is 4.61. The molecule has 3 rings (SSSR count). The van der Waals surface area contributed by atoms with E-state index in [9.17, 15) is 9.59 Å². The molecule has 25 heavy (non-hydrogen) atoms. The van der Waals surface area contributed by atoms with Crippen molar-refractivity contribution in [3.8, 4) is 0 Å². The lowest BCUT2D eigenvalue weighted by atomic mass is 9.83. The van der Waals surface area contributed by atoms with Crippen molar-refractivity contribution in [1.29, 1.82) is 0 Å². The van der Waals surface area contributed by atoms with Crippen molar-refractivity contribution in [2.45, 2.75) is 26.2 Å². The van der Waals surface area contributed by atoms with E-state index in [2.05, 4.69) is 5.16 Å². The van der Waals surface area contributed by atoms with Crippen LogP contribution in [0.3, 0.4) is 0 Å². The van der Waals surface area contributed by atoms with Gasteiger partial charge in [-0.3, -0.25) is 9.59 Å². The first-order chi connectivity index (χ1) is 11.9. The number of aromatic nitrogens is 1. The monoisotopic (exact) mass is 341 g/mol. The van der Waals surface area contributed by atoms with Crippen LogP contribution in [0.5, 0.6) is 0 Å². The zero-order valence-corrected chi connectivity index (χ0v) is 14.9. The fraction of sp³-hybridized carbons (Fsp3) is 0.421. The second-order valence-electron chi connectivity index (χ2n) is 6.91. The Bertz CT molecular complexity index is 759. The Morgan fingerprint density at radius 2 is 1.64 bits per heavy atom. The normalized spacial score (nSPS) is 15.3. The molecule has 0 N–H and O–H groups in total. The number of piperazine rings is 1. The van der Waals surface area contributed by atoms with Crippen molar-refractivity contribution < 1.29 is 14.1 Å². The maximum Gasteiger partial charge on any atom is 0.292 e.